The quantitative estimate of drug-likeness (QED) is 0.193. The van der Waals surface area contributed by atoms with E-state index in [-0.39, 0.29) is 34.3 Å². The van der Waals surface area contributed by atoms with Crippen molar-refractivity contribution in [3.8, 4) is 0 Å². The maximum atomic E-state index is 15.1. The fraction of sp³-hybridized carbons (Fsp3) is 0.756. The second kappa shape index (κ2) is 16.8. The standard InChI is InChI=1S/C41H62N6O6/c1-7-12-29(33(49)38(53)44-26-15-16-26)45-35(50)27-17-20-41(18-11-19-41)40(5,6)23-28(27)32(48)34(39(2,3)4)47-37(52)31(25-13-9-8-10-14-25)46-36(51)30-24-42-21-22-43-30/h21-22,24-29,31,34H,7-20,23H2,1-6H3,(H,44,53)(H,45,50)(H,46,51)(H,47,52)/t27-,28?,29?,31+,34-/m1/s1. The highest BCUT2D eigenvalue weighted by atomic mass is 16.2. The first-order valence-electron chi connectivity index (χ1n) is 20.1. The minimum Gasteiger partial charge on any atom is -0.347 e. The Morgan fingerprint density at radius 2 is 1.55 bits per heavy atom. The van der Waals surface area contributed by atoms with Crippen LogP contribution >= 0.6 is 0 Å². The number of aromatic nitrogens is 2. The smallest absolute Gasteiger partial charge is 0.289 e. The number of Topliss-reactive ketones (excluding diaryl/α,β-unsaturated/α-hetero) is 2. The highest BCUT2D eigenvalue weighted by molar-refractivity contribution is 6.38. The molecule has 0 bridgehead atoms. The van der Waals surface area contributed by atoms with E-state index in [2.05, 4.69) is 45.1 Å². The summed E-state index contributed by atoms with van der Waals surface area (Å²) in [5, 5.41) is 11.7. The number of hydrogen-bond donors (Lipinski definition) is 4. The van der Waals surface area contributed by atoms with Crippen LogP contribution in [0.5, 0.6) is 0 Å². The Hall–Kier alpha value is -3.70. The number of nitrogens with one attached hydrogen (secondary N) is 4. The van der Waals surface area contributed by atoms with E-state index in [9.17, 15) is 24.0 Å². The average Bonchev–Trinajstić information content (AvgIpc) is 3.94. The second-order valence-corrected chi connectivity index (χ2v) is 18.1. The fourth-order valence-electron chi connectivity index (χ4n) is 9.16. The molecule has 1 aromatic rings. The van der Waals surface area contributed by atoms with E-state index in [4.69, 9.17) is 0 Å². The molecule has 0 aromatic carbocycles. The first kappa shape index (κ1) is 40.5. The number of hydrogen-bond acceptors (Lipinski definition) is 8. The van der Waals surface area contributed by atoms with Gasteiger partial charge < -0.3 is 21.3 Å². The van der Waals surface area contributed by atoms with Crippen molar-refractivity contribution < 1.29 is 28.8 Å². The zero-order chi connectivity index (χ0) is 38.6. The van der Waals surface area contributed by atoms with E-state index in [1.807, 2.05) is 27.7 Å². The molecule has 1 heterocycles. The lowest BCUT2D eigenvalue weighted by molar-refractivity contribution is -0.142. The van der Waals surface area contributed by atoms with Crippen LogP contribution in [0.3, 0.4) is 0 Å². The summed E-state index contributed by atoms with van der Waals surface area (Å²) in [6.45, 7) is 12.0. The van der Waals surface area contributed by atoms with Crippen molar-refractivity contribution in [1.82, 2.24) is 31.2 Å². The third kappa shape index (κ3) is 9.52. The van der Waals surface area contributed by atoms with Crippen molar-refractivity contribution in [2.24, 2.45) is 34.0 Å². The van der Waals surface area contributed by atoms with E-state index in [0.717, 1.165) is 70.6 Å². The normalized spacial score (nSPS) is 24.3. The summed E-state index contributed by atoms with van der Waals surface area (Å²) in [5.41, 5.74) is -0.883. The summed E-state index contributed by atoms with van der Waals surface area (Å²) < 4.78 is 0. The molecule has 4 aliphatic rings. The molecule has 12 heteroatoms. The largest absolute Gasteiger partial charge is 0.347 e. The molecular formula is C41H62N6O6. The van der Waals surface area contributed by atoms with Gasteiger partial charge in [0, 0.05) is 30.3 Å². The lowest BCUT2D eigenvalue weighted by atomic mass is 9.52. The van der Waals surface area contributed by atoms with Crippen LogP contribution < -0.4 is 21.3 Å². The summed E-state index contributed by atoms with van der Waals surface area (Å²) in [6.07, 6.45) is 16.2. The Kier molecular flexibility index (Phi) is 12.8. The van der Waals surface area contributed by atoms with Gasteiger partial charge in [-0.2, -0.15) is 0 Å². The van der Waals surface area contributed by atoms with Gasteiger partial charge >= 0.3 is 0 Å². The van der Waals surface area contributed by atoms with Gasteiger partial charge in [-0.1, -0.05) is 73.6 Å². The van der Waals surface area contributed by atoms with Gasteiger partial charge in [-0.3, -0.25) is 33.8 Å². The van der Waals surface area contributed by atoms with Crippen molar-refractivity contribution >= 4 is 35.2 Å². The third-order valence-corrected chi connectivity index (χ3v) is 12.9. The van der Waals surface area contributed by atoms with Crippen LogP contribution in [0, 0.1) is 34.0 Å². The van der Waals surface area contributed by atoms with E-state index in [1.165, 1.54) is 18.6 Å². The Bertz CT molecular complexity index is 1510. The van der Waals surface area contributed by atoms with E-state index >= 15 is 4.79 Å². The van der Waals surface area contributed by atoms with Crippen LogP contribution in [0.1, 0.15) is 148 Å². The van der Waals surface area contributed by atoms with Crippen LogP contribution in [0.4, 0.5) is 0 Å². The zero-order valence-electron chi connectivity index (χ0n) is 32.7. The summed E-state index contributed by atoms with van der Waals surface area (Å²) >= 11 is 0. The van der Waals surface area contributed by atoms with Gasteiger partial charge in [0.1, 0.15) is 11.7 Å². The van der Waals surface area contributed by atoms with Crippen molar-refractivity contribution in [2.75, 3.05) is 0 Å². The average molecular weight is 735 g/mol. The molecule has 2 unspecified atom stereocenters. The maximum absolute atomic E-state index is 15.1. The van der Waals surface area contributed by atoms with Crippen molar-refractivity contribution in [2.45, 2.75) is 162 Å². The van der Waals surface area contributed by atoms with E-state index < -0.39 is 64.8 Å². The molecule has 4 fully saturated rings. The van der Waals surface area contributed by atoms with Crippen LogP contribution in [-0.4, -0.2) is 69.3 Å². The highest BCUT2D eigenvalue weighted by Gasteiger charge is 2.56. The van der Waals surface area contributed by atoms with Crippen LogP contribution in [-0.2, 0) is 24.0 Å². The molecule has 0 saturated heterocycles. The van der Waals surface area contributed by atoms with Gasteiger partial charge in [0.15, 0.2) is 5.78 Å². The first-order chi connectivity index (χ1) is 25.1. The lowest BCUT2D eigenvalue weighted by Crippen LogP contribution is -2.59. The monoisotopic (exact) mass is 734 g/mol. The van der Waals surface area contributed by atoms with Gasteiger partial charge in [-0.15, -0.1) is 0 Å². The molecule has 4 N–H and O–H groups in total. The predicted octanol–water partition coefficient (Wildman–Crippen LogP) is 5.00. The van der Waals surface area contributed by atoms with E-state index in [0.29, 0.717) is 25.7 Å². The number of carbonyl (C=O) groups is 6. The highest BCUT2D eigenvalue weighted by Crippen LogP contribution is 2.62. The number of rotatable bonds is 14. The number of carbonyl (C=O) groups excluding carboxylic acids is 6. The Morgan fingerprint density at radius 3 is 2.11 bits per heavy atom. The fourth-order valence-corrected chi connectivity index (χ4v) is 9.16. The Labute approximate surface area is 315 Å². The zero-order valence-corrected chi connectivity index (χ0v) is 32.7. The third-order valence-electron chi connectivity index (χ3n) is 12.9. The molecule has 5 atom stereocenters. The predicted molar refractivity (Wildman–Crippen MR) is 200 cm³/mol. The number of nitrogens with zero attached hydrogens (tertiary/aromatic N) is 2. The van der Waals surface area contributed by atoms with Gasteiger partial charge in [-0.25, -0.2) is 4.98 Å². The minimum absolute atomic E-state index is 0.000513. The topological polar surface area (TPSA) is 176 Å². The second-order valence-electron chi connectivity index (χ2n) is 18.1. The molecule has 4 saturated carbocycles. The summed E-state index contributed by atoms with van der Waals surface area (Å²) in [5.74, 6) is -4.47. The summed E-state index contributed by atoms with van der Waals surface area (Å²) in [6, 6.07) is -2.81. The van der Waals surface area contributed by atoms with E-state index in [1.54, 1.807) is 0 Å². The molecular weight excluding hydrogens is 672 g/mol. The van der Waals surface area contributed by atoms with Gasteiger partial charge in [0.05, 0.1) is 18.3 Å². The molecule has 0 radical (unpaired) electrons. The lowest BCUT2D eigenvalue weighted by Gasteiger charge is -2.53. The van der Waals surface area contributed by atoms with Gasteiger partial charge in [0.25, 0.3) is 11.8 Å². The molecule has 5 rings (SSSR count). The molecule has 0 aliphatic heterocycles. The Balaban J connectivity index is 1.43. The molecule has 1 aromatic heterocycles. The van der Waals surface area contributed by atoms with Crippen molar-refractivity contribution in [3.63, 3.8) is 0 Å². The number of ketones is 2. The van der Waals surface area contributed by atoms with Crippen molar-refractivity contribution in [3.05, 3.63) is 24.3 Å². The molecule has 12 nitrogen and oxygen atoms in total. The summed E-state index contributed by atoms with van der Waals surface area (Å²) in [7, 11) is 0. The molecule has 4 aliphatic carbocycles. The van der Waals surface area contributed by atoms with Crippen LogP contribution in [0.25, 0.3) is 0 Å². The Morgan fingerprint density at radius 1 is 0.849 bits per heavy atom. The maximum Gasteiger partial charge on any atom is 0.289 e. The number of amides is 4. The molecule has 4 amide bonds. The molecule has 1 spiro atoms. The van der Waals surface area contributed by atoms with Crippen LogP contribution in [0.2, 0.25) is 0 Å². The van der Waals surface area contributed by atoms with Gasteiger partial charge in [0.2, 0.25) is 17.6 Å². The summed E-state index contributed by atoms with van der Waals surface area (Å²) in [4.78, 5) is 91.5. The first-order valence-corrected chi connectivity index (χ1v) is 20.1. The molecule has 292 valence electrons. The molecule has 53 heavy (non-hydrogen) atoms. The van der Waals surface area contributed by atoms with Crippen molar-refractivity contribution in [1.29, 1.82) is 0 Å². The minimum atomic E-state index is -0.983. The van der Waals surface area contributed by atoms with Crippen LogP contribution in [0.15, 0.2) is 18.6 Å². The van der Waals surface area contributed by atoms with Gasteiger partial charge in [-0.05, 0) is 86.4 Å². The SMILES string of the molecule is CCCC(NC(=O)[C@@H]1CCC2(CCC2)C(C)(C)CC1C(=O)[C@@H](NC(=O)[C@@H](NC(=O)c1cnccn1)C1CCCCC1)C(C)(C)C)C(=O)C(=O)NC1CC1.